The lowest BCUT2D eigenvalue weighted by Crippen LogP contribution is -1.78. The topological polar surface area (TPSA) is 9.23 Å². The molecule has 2 aromatic rings. The number of thiophene rings is 1. The number of methoxy groups -OCH3 is 1. The molecule has 0 bridgehead atoms. The summed E-state index contributed by atoms with van der Waals surface area (Å²) in [5, 5.41) is 2.09. The summed E-state index contributed by atoms with van der Waals surface area (Å²) in [5.41, 5.74) is 1.36. The van der Waals surface area contributed by atoms with Crippen LogP contribution in [0.25, 0.3) is 10.1 Å². The van der Waals surface area contributed by atoms with Gasteiger partial charge in [-0.05, 0) is 18.1 Å². The summed E-state index contributed by atoms with van der Waals surface area (Å²) >= 11 is 6.10. The molecule has 14 heavy (non-hydrogen) atoms. The molecule has 2 rings (SSSR count). The lowest BCUT2D eigenvalue weighted by Gasteiger charge is -1.96. The molecular weight excluding hydrogens is 212 g/mol. The lowest BCUT2D eigenvalue weighted by atomic mass is 10.1. The maximum absolute atomic E-state index is 5.25. The van der Waals surface area contributed by atoms with E-state index in [9.17, 15) is 0 Å². The van der Waals surface area contributed by atoms with Crippen molar-refractivity contribution < 1.29 is 4.74 Å². The van der Waals surface area contributed by atoms with Crippen molar-refractivity contribution in [2.75, 3.05) is 7.11 Å². The minimum atomic E-state index is 0.900. The Hall–Kier alpha value is -0.670. The quantitative estimate of drug-likeness (QED) is 0.764. The van der Waals surface area contributed by atoms with Gasteiger partial charge in [-0.25, -0.2) is 0 Å². The maximum atomic E-state index is 5.25. The van der Waals surface area contributed by atoms with Crippen LogP contribution in [0.2, 0.25) is 0 Å². The van der Waals surface area contributed by atoms with Crippen LogP contribution in [0.3, 0.4) is 0 Å². The second-order valence-electron chi connectivity index (χ2n) is 3.13. The molecule has 0 aliphatic rings. The van der Waals surface area contributed by atoms with Crippen molar-refractivity contribution in [2.45, 2.75) is 18.2 Å². The summed E-state index contributed by atoms with van der Waals surface area (Å²) in [6, 6.07) is 6.48. The van der Waals surface area contributed by atoms with Gasteiger partial charge in [0.15, 0.2) is 5.06 Å². The number of thiol groups is 1. The monoisotopic (exact) mass is 224 g/mol. The molecule has 0 saturated carbocycles. The van der Waals surface area contributed by atoms with E-state index in [1.807, 2.05) is 0 Å². The van der Waals surface area contributed by atoms with Gasteiger partial charge in [-0.1, -0.05) is 30.4 Å². The summed E-state index contributed by atoms with van der Waals surface area (Å²) in [5.74, 6) is 0. The Kier molecular flexibility index (Phi) is 2.70. The molecule has 0 radical (unpaired) electrons. The summed E-state index contributed by atoms with van der Waals surface area (Å²) < 4.78 is 6.50. The Bertz CT molecular complexity index is 460. The standard InChI is InChI=1S/C11H12OS2/c1-3-7-4-5-8-9(6-7)14-11(12-2)10(8)13/h4-6,13H,3H2,1-2H3. The normalized spacial score (nSPS) is 10.8. The van der Waals surface area contributed by atoms with Gasteiger partial charge in [0.25, 0.3) is 0 Å². The molecule has 0 saturated heterocycles. The highest BCUT2D eigenvalue weighted by Gasteiger charge is 2.09. The molecular formula is C11H12OS2. The molecule has 0 fully saturated rings. The highest BCUT2D eigenvalue weighted by molar-refractivity contribution is 7.81. The molecule has 1 aromatic heterocycles. The van der Waals surface area contributed by atoms with E-state index in [4.69, 9.17) is 4.74 Å². The van der Waals surface area contributed by atoms with E-state index in [-0.39, 0.29) is 0 Å². The average molecular weight is 224 g/mol. The number of fused-ring (bicyclic) bond motifs is 1. The van der Waals surface area contributed by atoms with E-state index in [1.165, 1.54) is 15.6 Å². The van der Waals surface area contributed by atoms with E-state index < -0.39 is 0 Å². The van der Waals surface area contributed by atoms with E-state index in [2.05, 4.69) is 37.8 Å². The SMILES string of the molecule is CCc1ccc2c(S)c(OC)sc2c1. The number of ether oxygens (including phenoxy) is 1. The zero-order valence-corrected chi connectivity index (χ0v) is 9.91. The first-order valence-electron chi connectivity index (χ1n) is 4.54. The van der Waals surface area contributed by atoms with Gasteiger partial charge in [-0.15, -0.1) is 12.6 Å². The molecule has 0 aliphatic carbocycles. The number of rotatable bonds is 2. The first kappa shape index (κ1) is 9.87. The van der Waals surface area contributed by atoms with Gasteiger partial charge < -0.3 is 4.74 Å². The van der Waals surface area contributed by atoms with Crippen LogP contribution in [-0.2, 0) is 6.42 Å². The maximum Gasteiger partial charge on any atom is 0.188 e. The van der Waals surface area contributed by atoms with Crippen LogP contribution in [0.1, 0.15) is 12.5 Å². The van der Waals surface area contributed by atoms with Crippen molar-refractivity contribution in [3.8, 4) is 5.06 Å². The van der Waals surface area contributed by atoms with E-state index in [0.29, 0.717) is 0 Å². The third-order valence-corrected chi connectivity index (χ3v) is 4.00. The van der Waals surface area contributed by atoms with Gasteiger partial charge in [-0.3, -0.25) is 0 Å². The van der Waals surface area contributed by atoms with Gasteiger partial charge >= 0.3 is 0 Å². The fourth-order valence-electron chi connectivity index (χ4n) is 1.46. The van der Waals surface area contributed by atoms with Gasteiger partial charge in [0, 0.05) is 10.1 Å². The molecule has 1 nitrogen and oxygen atoms in total. The minimum Gasteiger partial charge on any atom is -0.486 e. The molecule has 0 atom stereocenters. The second-order valence-corrected chi connectivity index (χ2v) is 4.59. The van der Waals surface area contributed by atoms with Crippen LogP contribution >= 0.6 is 24.0 Å². The molecule has 3 heteroatoms. The molecule has 74 valence electrons. The Morgan fingerprint density at radius 3 is 2.86 bits per heavy atom. The van der Waals surface area contributed by atoms with Crippen LogP contribution < -0.4 is 4.74 Å². The van der Waals surface area contributed by atoms with Gasteiger partial charge in [0.2, 0.25) is 0 Å². The number of aryl methyl sites for hydroxylation is 1. The van der Waals surface area contributed by atoms with Gasteiger partial charge in [0.1, 0.15) is 0 Å². The first-order valence-corrected chi connectivity index (χ1v) is 5.81. The van der Waals surface area contributed by atoms with Gasteiger partial charge in [0.05, 0.1) is 12.0 Å². The smallest absolute Gasteiger partial charge is 0.188 e. The molecule has 0 N–H and O–H groups in total. The Labute approximate surface area is 93.1 Å². The van der Waals surface area contributed by atoms with Crippen LogP contribution in [0.5, 0.6) is 5.06 Å². The second kappa shape index (κ2) is 3.83. The van der Waals surface area contributed by atoms with Crippen molar-refractivity contribution in [1.29, 1.82) is 0 Å². The Morgan fingerprint density at radius 2 is 2.21 bits per heavy atom. The predicted molar refractivity (Wildman–Crippen MR) is 65.0 cm³/mol. The van der Waals surface area contributed by atoms with Crippen molar-refractivity contribution >= 4 is 34.1 Å². The van der Waals surface area contributed by atoms with Gasteiger partial charge in [-0.2, -0.15) is 0 Å². The molecule has 0 amide bonds. The van der Waals surface area contributed by atoms with Crippen LogP contribution in [-0.4, -0.2) is 7.11 Å². The molecule has 1 heterocycles. The van der Waals surface area contributed by atoms with E-state index in [0.717, 1.165) is 16.4 Å². The van der Waals surface area contributed by atoms with Crippen LogP contribution in [0, 0.1) is 0 Å². The zero-order valence-electron chi connectivity index (χ0n) is 8.20. The summed E-state index contributed by atoms with van der Waals surface area (Å²) in [4.78, 5) is 0.954. The van der Waals surface area contributed by atoms with Crippen molar-refractivity contribution in [3.05, 3.63) is 23.8 Å². The Balaban J connectivity index is 2.66. The highest BCUT2D eigenvalue weighted by atomic mass is 32.1. The molecule has 0 unspecified atom stereocenters. The summed E-state index contributed by atoms with van der Waals surface area (Å²) in [6.07, 6.45) is 1.07. The van der Waals surface area contributed by atoms with E-state index in [1.54, 1.807) is 18.4 Å². The minimum absolute atomic E-state index is 0.900. The lowest BCUT2D eigenvalue weighted by molar-refractivity contribution is 0.419. The van der Waals surface area contributed by atoms with Crippen LogP contribution in [0.4, 0.5) is 0 Å². The fraction of sp³-hybridized carbons (Fsp3) is 0.273. The third-order valence-electron chi connectivity index (χ3n) is 2.29. The first-order chi connectivity index (χ1) is 6.76. The largest absolute Gasteiger partial charge is 0.486 e. The number of hydrogen-bond donors (Lipinski definition) is 1. The fourth-order valence-corrected chi connectivity index (χ4v) is 2.94. The van der Waals surface area contributed by atoms with E-state index >= 15 is 0 Å². The van der Waals surface area contributed by atoms with Crippen LogP contribution in [0.15, 0.2) is 23.1 Å². The molecule has 0 spiro atoms. The van der Waals surface area contributed by atoms with Crippen molar-refractivity contribution in [3.63, 3.8) is 0 Å². The van der Waals surface area contributed by atoms with Crippen molar-refractivity contribution in [2.24, 2.45) is 0 Å². The third kappa shape index (κ3) is 1.51. The van der Waals surface area contributed by atoms with Crippen molar-refractivity contribution in [1.82, 2.24) is 0 Å². The molecule has 1 aromatic carbocycles. The summed E-state index contributed by atoms with van der Waals surface area (Å²) in [7, 11) is 1.69. The zero-order chi connectivity index (χ0) is 10.1. The predicted octanol–water partition coefficient (Wildman–Crippen LogP) is 3.76. The molecule has 0 aliphatic heterocycles. The summed E-state index contributed by atoms with van der Waals surface area (Å²) in [6.45, 7) is 2.16. The number of benzene rings is 1. The highest BCUT2D eigenvalue weighted by Crippen LogP contribution is 2.40. The Morgan fingerprint density at radius 1 is 1.43 bits per heavy atom. The number of hydrogen-bond acceptors (Lipinski definition) is 3. The average Bonchev–Trinajstić information content (AvgIpc) is 2.55.